The van der Waals surface area contributed by atoms with Crippen molar-refractivity contribution in [1.82, 2.24) is 19.8 Å². The number of hydrogen-bond acceptors (Lipinski definition) is 4. The molecule has 0 aliphatic carbocycles. The van der Waals surface area contributed by atoms with Gasteiger partial charge in [0.1, 0.15) is 0 Å². The number of anilines is 1. The van der Waals surface area contributed by atoms with Gasteiger partial charge in [-0.1, -0.05) is 30.3 Å². The average molecular weight is 269 g/mol. The van der Waals surface area contributed by atoms with Crippen LogP contribution >= 0.6 is 0 Å². The lowest BCUT2D eigenvalue weighted by molar-refractivity contribution is -0.114. The summed E-state index contributed by atoms with van der Waals surface area (Å²) in [4.78, 5) is 23.1. The van der Waals surface area contributed by atoms with E-state index in [2.05, 4.69) is 20.6 Å². The Morgan fingerprint density at radius 3 is 2.70 bits per heavy atom. The number of H-pyrrole nitrogens is 1. The van der Waals surface area contributed by atoms with E-state index in [4.69, 9.17) is 0 Å². The van der Waals surface area contributed by atoms with Crippen LogP contribution in [0.25, 0.3) is 16.9 Å². The molecular formula is C13H11N5O2. The van der Waals surface area contributed by atoms with Crippen molar-refractivity contribution in [2.24, 2.45) is 0 Å². The van der Waals surface area contributed by atoms with Crippen molar-refractivity contribution in [3.05, 3.63) is 46.8 Å². The maximum absolute atomic E-state index is 12.1. The third-order valence-electron chi connectivity index (χ3n) is 2.77. The smallest absolute Gasteiger partial charge is 0.305 e. The molecular weight excluding hydrogens is 258 g/mol. The summed E-state index contributed by atoms with van der Waals surface area (Å²) in [6, 6.07) is 11.3. The van der Waals surface area contributed by atoms with Crippen LogP contribution in [0.2, 0.25) is 0 Å². The Bertz CT molecular complexity index is 835. The minimum absolute atomic E-state index is 0.100. The van der Waals surface area contributed by atoms with Crippen LogP contribution in [0.5, 0.6) is 0 Å². The Morgan fingerprint density at radius 2 is 2.00 bits per heavy atom. The van der Waals surface area contributed by atoms with Crippen molar-refractivity contribution in [3.8, 4) is 11.3 Å². The maximum atomic E-state index is 12.1. The monoisotopic (exact) mass is 269 g/mol. The van der Waals surface area contributed by atoms with Gasteiger partial charge in [0.25, 0.3) is 0 Å². The van der Waals surface area contributed by atoms with Crippen LogP contribution in [0.3, 0.4) is 0 Å². The highest BCUT2D eigenvalue weighted by Gasteiger charge is 2.11. The number of fused-ring (bicyclic) bond motifs is 1. The van der Waals surface area contributed by atoms with E-state index in [1.165, 1.54) is 11.4 Å². The second-order valence-corrected chi connectivity index (χ2v) is 4.26. The third-order valence-corrected chi connectivity index (χ3v) is 2.77. The van der Waals surface area contributed by atoms with Gasteiger partial charge in [-0.15, -0.1) is 10.2 Å². The van der Waals surface area contributed by atoms with E-state index in [1.807, 2.05) is 30.3 Å². The molecule has 1 aromatic carbocycles. The molecule has 2 aromatic heterocycles. The number of carbonyl (C=O) groups excluding carboxylic acids is 1. The van der Waals surface area contributed by atoms with Crippen molar-refractivity contribution in [1.29, 1.82) is 0 Å². The summed E-state index contributed by atoms with van der Waals surface area (Å²) in [6.07, 6.45) is 0. The Labute approximate surface area is 113 Å². The Balaban J connectivity index is 2.15. The highest BCUT2D eigenvalue weighted by molar-refractivity contribution is 5.87. The molecule has 7 nitrogen and oxygen atoms in total. The zero-order valence-corrected chi connectivity index (χ0v) is 10.6. The van der Waals surface area contributed by atoms with E-state index in [0.29, 0.717) is 5.65 Å². The van der Waals surface area contributed by atoms with Gasteiger partial charge in [0.05, 0.1) is 5.69 Å². The predicted octanol–water partition coefficient (Wildman–Crippen LogP) is 1.04. The lowest BCUT2D eigenvalue weighted by Crippen LogP contribution is -2.23. The molecule has 3 aromatic rings. The maximum Gasteiger partial charge on any atom is 0.316 e. The van der Waals surface area contributed by atoms with Gasteiger partial charge in [0.15, 0.2) is 5.65 Å². The number of benzene rings is 1. The SMILES string of the molecule is CC(=O)Nc1nnc2cc(-c3ccccc3)[nH]n2c1=O. The zero-order valence-electron chi connectivity index (χ0n) is 10.6. The number of rotatable bonds is 2. The summed E-state index contributed by atoms with van der Waals surface area (Å²) >= 11 is 0. The van der Waals surface area contributed by atoms with Gasteiger partial charge in [-0.3, -0.25) is 14.7 Å². The minimum Gasteiger partial charge on any atom is -0.305 e. The van der Waals surface area contributed by atoms with E-state index in [-0.39, 0.29) is 11.7 Å². The van der Waals surface area contributed by atoms with Crippen LogP contribution in [0.4, 0.5) is 5.82 Å². The van der Waals surface area contributed by atoms with Gasteiger partial charge in [0.2, 0.25) is 11.7 Å². The van der Waals surface area contributed by atoms with Crippen LogP contribution in [0, 0.1) is 0 Å². The molecule has 3 rings (SSSR count). The van der Waals surface area contributed by atoms with Gasteiger partial charge in [-0.2, -0.15) is 4.52 Å². The van der Waals surface area contributed by atoms with Crippen molar-refractivity contribution in [2.75, 3.05) is 5.32 Å². The van der Waals surface area contributed by atoms with Gasteiger partial charge < -0.3 is 5.32 Å². The fraction of sp³-hybridized carbons (Fsp3) is 0.0769. The number of aromatic amines is 1. The molecule has 0 fully saturated rings. The Morgan fingerprint density at radius 1 is 1.25 bits per heavy atom. The van der Waals surface area contributed by atoms with Gasteiger partial charge >= 0.3 is 5.56 Å². The van der Waals surface area contributed by atoms with Gasteiger partial charge in [-0.25, -0.2) is 0 Å². The largest absolute Gasteiger partial charge is 0.316 e. The van der Waals surface area contributed by atoms with Gasteiger partial charge in [-0.05, 0) is 5.56 Å². The minimum atomic E-state index is -0.451. The zero-order chi connectivity index (χ0) is 14.1. The van der Waals surface area contributed by atoms with E-state index in [1.54, 1.807) is 6.07 Å². The number of amides is 1. The second kappa shape index (κ2) is 4.61. The first kappa shape index (κ1) is 12.1. The molecule has 7 heteroatoms. The molecule has 0 saturated carbocycles. The Kier molecular flexibility index (Phi) is 2.79. The van der Waals surface area contributed by atoms with E-state index in [9.17, 15) is 9.59 Å². The van der Waals surface area contributed by atoms with E-state index in [0.717, 1.165) is 11.3 Å². The molecule has 0 aliphatic heterocycles. The topological polar surface area (TPSA) is 92.2 Å². The van der Waals surface area contributed by atoms with Crippen molar-refractivity contribution >= 4 is 17.4 Å². The molecule has 2 N–H and O–H groups in total. The van der Waals surface area contributed by atoms with E-state index < -0.39 is 5.56 Å². The molecule has 0 aliphatic rings. The fourth-order valence-corrected chi connectivity index (χ4v) is 1.89. The molecule has 1 amide bonds. The summed E-state index contributed by atoms with van der Waals surface area (Å²) in [6.45, 7) is 1.31. The predicted molar refractivity (Wildman–Crippen MR) is 73.3 cm³/mol. The lowest BCUT2D eigenvalue weighted by Gasteiger charge is -1.99. The Hall–Kier alpha value is -2.96. The normalized spacial score (nSPS) is 10.7. The number of nitrogens with zero attached hydrogens (tertiary/aromatic N) is 3. The van der Waals surface area contributed by atoms with Crippen LogP contribution in [-0.4, -0.2) is 25.7 Å². The first-order chi connectivity index (χ1) is 9.65. The van der Waals surface area contributed by atoms with Gasteiger partial charge in [0, 0.05) is 13.0 Å². The summed E-state index contributed by atoms with van der Waals surface area (Å²) in [5.74, 6) is -0.470. The summed E-state index contributed by atoms with van der Waals surface area (Å²) < 4.78 is 1.25. The average Bonchev–Trinajstić information content (AvgIpc) is 2.87. The highest BCUT2D eigenvalue weighted by atomic mass is 16.2. The second-order valence-electron chi connectivity index (χ2n) is 4.26. The lowest BCUT2D eigenvalue weighted by atomic mass is 10.2. The molecule has 0 atom stereocenters. The molecule has 0 spiro atoms. The van der Waals surface area contributed by atoms with Crippen molar-refractivity contribution in [2.45, 2.75) is 6.92 Å². The first-order valence-corrected chi connectivity index (χ1v) is 5.96. The number of aromatic nitrogens is 4. The number of carbonyl (C=O) groups is 1. The quantitative estimate of drug-likeness (QED) is 0.727. The van der Waals surface area contributed by atoms with E-state index >= 15 is 0 Å². The fourth-order valence-electron chi connectivity index (χ4n) is 1.89. The molecule has 0 radical (unpaired) electrons. The van der Waals surface area contributed by atoms with Crippen LogP contribution < -0.4 is 10.9 Å². The van der Waals surface area contributed by atoms with Crippen LogP contribution in [0.1, 0.15) is 6.92 Å². The van der Waals surface area contributed by atoms with Crippen molar-refractivity contribution in [3.63, 3.8) is 0 Å². The number of hydrogen-bond donors (Lipinski definition) is 2. The molecule has 2 heterocycles. The van der Waals surface area contributed by atoms with Crippen LogP contribution in [0.15, 0.2) is 41.2 Å². The standard InChI is InChI=1S/C13H11N5O2/c1-8(19)14-12-13(20)18-11(15-16-12)7-10(17-18)9-5-3-2-4-6-9/h2-7,17H,1H3,(H,14,16,19). The molecule has 0 bridgehead atoms. The summed E-state index contributed by atoms with van der Waals surface area (Å²) in [7, 11) is 0. The summed E-state index contributed by atoms with van der Waals surface area (Å²) in [5, 5.41) is 12.9. The first-order valence-electron chi connectivity index (χ1n) is 5.96. The molecule has 0 unspecified atom stereocenters. The van der Waals surface area contributed by atoms with Crippen molar-refractivity contribution < 1.29 is 4.79 Å². The molecule has 0 saturated heterocycles. The third kappa shape index (κ3) is 2.05. The number of nitrogens with one attached hydrogen (secondary N) is 2. The van der Waals surface area contributed by atoms with Crippen LogP contribution in [-0.2, 0) is 4.79 Å². The highest BCUT2D eigenvalue weighted by Crippen LogP contribution is 2.17. The summed E-state index contributed by atoms with van der Waals surface area (Å²) in [5.41, 5.74) is 1.62. The molecule has 100 valence electrons. The molecule has 20 heavy (non-hydrogen) atoms.